The van der Waals surface area contributed by atoms with Crippen LogP contribution in [-0.4, -0.2) is 44.9 Å². The number of methoxy groups -OCH3 is 1. The smallest absolute Gasteiger partial charge is 0.165 e. The van der Waals surface area contributed by atoms with Crippen molar-refractivity contribution in [2.24, 2.45) is 0 Å². The predicted octanol–water partition coefficient (Wildman–Crippen LogP) is 2.59. The molecule has 1 atom stereocenters. The zero-order valence-corrected chi connectivity index (χ0v) is 12.9. The molecule has 20 heavy (non-hydrogen) atoms. The highest BCUT2D eigenvalue weighted by Crippen LogP contribution is 2.26. The van der Waals surface area contributed by atoms with Crippen molar-refractivity contribution < 1.29 is 13.5 Å². The van der Waals surface area contributed by atoms with E-state index in [4.69, 9.17) is 4.74 Å². The summed E-state index contributed by atoms with van der Waals surface area (Å²) in [7, 11) is 1.42. The van der Waals surface area contributed by atoms with E-state index in [9.17, 15) is 8.78 Å². The lowest BCUT2D eigenvalue weighted by Gasteiger charge is -2.33. The van der Waals surface area contributed by atoms with Crippen LogP contribution < -0.4 is 10.1 Å². The first kappa shape index (κ1) is 19.4. The van der Waals surface area contributed by atoms with Gasteiger partial charge in [0.1, 0.15) is 6.67 Å². The normalized spacial score (nSPS) is 16.8. The Hall–Kier alpha value is -0.620. The molecule has 1 saturated heterocycles. The first-order valence-corrected chi connectivity index (χ1v) is 6.10. The molecule has 0 unspecified atom stereocenters. The summed E-state index contributed by atoms with van der Waals surface area (Å²) < 4.78 is 31.7. The fraction of sp³-hybridized carbons (Fsp3) is 0.538. The SMILES string of the molecule is COc1ccc([C@H](CF)N2CCNCC2)cc1F.Cl.Cl. The van der Waals surface area contributed by atoms with Crippen LogP contribution >= 0.6 is 24.8 Å². The van der Waals surface area contributed by atoms with E-state index in [2.05, 4.69) is 5.32 Å². The summed E-state index contributed by atoms with van der Waals surface area (Å²) in [6.45, 7) is 2.74. The second-order valence-corrected chi connectivity index (χ2v) is 4.35. The second-order valence-electron chi connectivity index (χ2n) is 4.35. The van der Waals surface area contributed by atoms with E-state index < -0.39 is 12.5 Å². The van der Waals surface area contributed by atoms with Crippen molar-refractivity contribution in [1.82, 2.24) is 10.2 Å². The maximum Gasteiger partial charge on any atom is 0.165 e. The van der Waals surface area contributed by atoms with Crippen molar-refractivity contribution in [3.8, 4) is 5.75 Å². The van der Waals surface area contributed by atoms with Gasteiger partial charge in [0.05, 0.1) is 13.2 Å². The number of benzene rings is 1. The Balaban J connectivity index is 0.00000180. The third kappa shape index (κ3) is 4.45. The fourth-order valence-corrected chi connectivity index (χ4v) is 2.28. The Bertz CT molecular complexity index is 404. The van der Waals surface area contributed by atoms with E-state index in [1.54, 1.807) is 12.1 Å². The minimum absolute atomic E-state index is 0. The first-order valence-electron chi connectivity index (χ1n) is 6.10. The average molecular weight is 329 g/mol. The van der Waals surface area contributed by atoms with Crippen LogP contribution in [0.15, 0.2) is 18.2 Å². The molecule has 1 aliphatic heterocycles. The van der Waals surface area contributed by atoms with E-state index in [1.807, 2.05) is 4.90 Å². The Morgan fingerprint density at radius 3 is 2.45 bits per heavy atom. The summed E-state index contributed by atoms with van der Waals surface area (Å²) in [5.41, 5.74) is 0.665. The van der Waals surface area contributed by atoms with Crippen molar-refractivity contribution in [2.75, 3.05) is 40.0 Å². The molecule has 1 aromatic rings. The number of hydrogen-bond acceptors (Lipinski definition) is 3. The largest absolute Gasteiger partial charge is 0.494 e. The number of nitrogens with zero attached hydrogens (tertiary/aromatic N) is 1. The third-order valence-corrected chi connectivity index (χ3v) is 3.30. The van der Waals surface area contributed by atoms with Gasteiger partial charge in [-0.3, -0.25) is 4.90 Å². The lowest BCUT2D eigenvalue weighted by atomic mass is 10.1. The van der Waals surface area contributed by atoms with Crippen LogP contribution in [0.1, 0.15) is 11.6 Å². The van der Waals surface area contributed by atoms with Crippen molar-refractivity contribution in [3.63, 3.8) is 0 Å². The van der Waals surface area contributed by atoms with Gasteiger partial charge in [-0.1, -0.05) is 6.07 Å². The molecular formula is C13H20Cl2F2N2O. The van der Waals surface area contributed by atoms with Crippen LogP contribution in [0.4, 0.5) is 8.78 Å². The van der Waals surface area contributed by atoms with Crippen LogP contribution in [0.3, 0.4) is 0 Å². The van der Waals surface area contributed by atoms with Crippen LogP contribution in [0, 0.1) is 5.82 Å². The Kier molecular flexibility index (Phi) is 9.05. The molecule has 0 spiro atoms. The number of halogens is 4. The van der Waals surface area contributed by atoms with Gasteiger partial charge >= 0.3 is 0 Å². The number of ether oxygens (including phenoxy) is 1. The van der Waals surface area contributed by atoms with E-state index in [-0.39, 0.29) is 36.6 Å². The minimum Gasteiger partial charge on any atom is -0.494 e. The summed E-state index contributed by atoms with van der Waals surface area (Å²) in [4.78, 5) is 2.04. The van der Waals surface area contributed by atoms with E-state index in [0.717, 1.165) is 26.2 Å². The Labute approximate surface area is 130 Å². The van der Waals surface area contributed by atoms with Crippen molar-refractivity contribution in [1.29, 1.82) is 0 Å². The fourth-order valence-electron chi connectivity index (χ4n) is 2.28. The maximum absolute atomic E-state index is 13.6. The monoisotopic (exact) mass is 328 g/mol. The molecule has 0 aliphatic carbocycles. The van der Waals surface area contributed by atoms with Gasteiger partial charge in [0, 0.05) is 26.2 Å². The molecule has 0 bridgehead atoms. The van der Waals surface area contributed by atoms with Crippen LogP contribution in [0.2, 0.25) is 0 Å². The van der Waals surface area contributed by atoms with E-state index in [1.165, 1.54) is 13.2 Å². The summed E-state index contributed by atoms with van der Waals surface area (Å²) in [5.74, 6) is -0.250. The zero-order valence-electron chi connectivity index (χ0n) is 11.3. The maximum atomic E-state index is 13.6. The number of rotatable bonds is 4. The third-order valence-electron chi connectivity index (χ3n) is 3.30. The van der Waals surface area contributed by atoms with Gasteiger partial charge in [-0.05, 0) is 17.7 Å². The van der Waals surface area contributed by atoms with E-state index in [0.29, 0.717) is 5.56 Å². The van der Waals surface area contributed by atoms with Crippen LogP contribution in [0.5, 0.6) is 5.75 Å². The standard InChI is InChI=1S/C13H18F2N2O.2ClH/c1-18-13-3-2-10(8-11(13)15)12(9-14)17-6-4-16-5-7-17;;/h2-3,8,12,16H,4-7,9H2,1H3;2*1H/t12-;;/m0../s1. The molecule has 0 aromatic heterocycles. The first-order chi connectivity index (χ1) is 8.76. The molecule has 1 aliphatic rings. The lowest BCUT2D eigenvalue weighted by Crippen LogP contribution is -2.45. The van der Waals surface area contributed by atoms with Gasteiger partial charge in [-0.15, -0.1) is 24.8 Å². The summed E-state index contributed by atoms with van der Waals surface area (Å²) in [6, 6.07) is 4.28. The molecule has 1 aromatic carbocycles. The quantitative estimate of drug-likeness (QED) is 0.919. The topological polar surface area (TPSA) is 24.5 Å². The number of alkyl halides is 1. The Morgan fingerprint density at radius 1 is 1.30 bits per heavy atom. The molecular weight excluding hydrogens is 309 g/mol. The summed E-state index contributed by atoms with van der Waals surface area (Å²) in [6.07, 6.45) is 0. The second kappa shape index (κ2) is 9.34. The molecule has 3 nitrogen and oxygen atoms in total. The molecule has 0 radical (unpaired) electrons. The lowest BCUT2D eigenvalue weighted by molar-refractivity contribution is 0.147. The number of nitrogens with one attached hydrogen (secondary N) is 1. The molecule has 0 amide bonds. The van der Waals surface area contributed by atoms with Crippen LogP contribution in [0.25, 0.3) is 0 Å². The van der Waals surface area contributed by atoms with Crippen molar-refractivity contribution >= 4 is 24.8 Å². The zero-order chi connectivity index (χ0) is 13.0. The Morgan fingerprint density at radius 2 is 1.95 bits per heavy atom. The van der Waals surface area contributed by atoms with Gasteiger partial charge in [0.15, 0.2) is 11.6 Å². The summed E-state index contributed by atoms with van der Waals surface area (Å²) >= 11 is 0. The molecule has 7 heteroatoms. The van der Waals surface area contributed by atoms with Gasteiger partial charge in [-0.25, -0.2) is 8.78 Å². The van der Waals surface area contributed by atoms with E-state index >= 15 is 0 Å². The highest BCUT2D eigenvalue weighted by Gasteiger charge is 2.22. The molecule has 1 heterocycles. The highest BCUT2D eigenvalue weighted by atomic mass is 35.5. The number of piperazine rings is 1. The predicted molar refractivity (Wildman–Crippen MR) is 80.6 cm³/mol. The molecule has 1 N–H and O–H groups in total. The van der Waals surface area contributed by atoms with Crippen molar-refractivity contribution in [2.45, 2.75) is 6.04 Å². The van der Waals surface area contributed by atoms with Gasteiger partial charge in [-0.2, -0.15) is 0 Å². The van der Waals surface area contributed by atoms with Gasteiger partial charge < -0.3 is 10.1 Å². The highest BCUT2D eigenvalue weighted by molar-refractivity contribution is 5.85. The number of hydrogen-bond donors (Lipinski definition) is 1. The molecule has 2 rings (SSSR count). The minimum atomic E-state index is -0.508. The average Bonchev–Trinajstić information content (AvgIpc) is 2.41. The molecule has 1 fully saturated rings. The van der Waals surface area contributed by atoms with Crippen molar-refractivity contribution in [3.05, 3.63) is 29.6 Å². The molecule has 0 saturated carbocycles. The van der Waals surface area contributed by atoms with Gasteiger partial charge in [0.2, 0.25) is 0 Å². The summed E-state index contributed by atoms with van der Waals surface area (Å²) in [5, 5.41) is 3.22. The van der Waals surface area contributed by atoms with Crippen LogP contribution in [-0.2, 0) is 0 Å². The molecule has 116 valence electrons. The van der Waals surface area contributed by atoms with Gasteiger partial charge in [0.25, 0.3) is 0 Å².